The molecule has 1 aliphatic carbocycles. The molecule has 0 spiro atoms. The van der Waals surface area contributed by atoms with E-state index in [-0.39, 0.29) is 23.1 Å². The monoisotopic (exact) mass is 394 g/mol. The lowest BCUT2D eigenvalue weighted by Gasteiger charge is -2.25. The second-order valence-corrected chi connectivity index (χ2v) is 8.78. The third-order valence-corrected chi connectivity index (χ3v) is 6.83. The predicted octanol–water partition coefficient (Wildman–Crippen LogP) is 5.29. The van der Waals surface area contributed by atoms with E-state index in [1.165, 1.54) is 12.0 Å². The number of hydrogen-bond acceptors (Lipinski definition) is 3. The van der Waals surface area contributed by atoms with Gasteiger partial charge in [-0.25, -0.2) is 0 Å². The summed E-state index contributed by atoms with van der Waals surface area (Å²) in [7, 11) is 0. The molecule has 1 unspecified atom stereocenters. The van der Waals surface area contributed by atoms with Gasteiger partial charge in [0, 0.05) is 17.3 Å². The van der Waals surface area contributed by atoms with Gasteiger partial charge in [-0.05, 0) is 49.6 Å². The Kier molecular flexibility index (Phi) is 5.72. The van der Waals surface area contributed by atoms with Crippen LogP contribution in [0.25, 0.3) is 0 Å². The van der Waals surface area contributed by atoms with Gasteiger partial charge < -0.3 is 5.32 Å². The largest absolute Gasteiger partial charge is 0.326 e. The third-order valence-electron chi connectivity index (χ3n) is 5.62. The van der Waals surface area contributed by atoms with Gasteiger partial charge in [-0.1, -0.05) is 49.1 Å². The normalized spacial score (nSPS) is 20.4. The lowest BCUT2D eigenvalue weighted by Crippen LogP contribution is -2.27. The van der Waals surface area contributed by atoms with E-state index in [2.05, 4.69) is 5.32 Å². The molecule has 1 saturated carbocycles. The van der Waals surface area contributed by atoms with Crippen LogP contribution >= 0.6 is 11.8 Å². The molecular formula is C23H26N2O2S. The van der Waals surface area contributed by atoms with Gasteiger partial charge >= 0.3 is 0 Å². The van der Waals surface area contributed by atoms with Crippen LogP contribution in [0.15, 0.2) is 48.5 Å². The second kappa shape index (κ2) is 8.39. The highest BCUT2D eigenvalue weighted by Crippen LogP contribution is 2.42. The first-order valence-electron chi connectivity index (χ1n) is 10.0. The Hall–Kier alpha value is -2.27. The molecule has 0 bridgehead atoms. The van der Waals surface area contributed by atoms with Crippen molar-refractivity contribution in [2.75, 3.05) is 16.0 Å². The number of nitrogens with zero attached hydrogens (tertiary/aromatic N) is 1. The van der Waals surface area contributed by atoms with Crippen molar-refractivity contribution >= 4 is 35.0 Å². The van der Waals surface area contributed by atoms with Crippen molar-refractivity contribution in [2.24, 2.45) is 5.92 Å². The van der Waals surface area contributed by atoms with Crippen LogP contribution in [0, 0.1) is 12.8 Å². The minimum Gasteiger partial charge on any atom is -0.326 e. The molecule has 1 atom stereocenters. The van der Waals surface area contributed by atoms with Gasteiger partial charge in [-0.2, -0.15) is 0 Å². The molecule has 2 fully saturated rings. The molecule has 1 heterocycles. The minimum absolute atomic E-state index is 0.0293. The fraction of sp³-hybridized carbons (Fsp3) is 0.391. The maximum Gasteiger partial charge on any atom is 0.238 e. The van der Waals surface area contributed by atoms with Crippen LogP contribution in [0.2, 0.25) is 0 Å². The van der Waals surface area contributed by atoms with Crippen LogP contribution in [0.1, 0.15) is 48.6 Å². The van der Waals surface area contributed by atoms with Crippen LogP contribution in [0.4, 0.5) is 11.4 Å². The maximum absolute atomic E-state index is 12.5. The fourth-order valence-electron chi connectivity index (χ4n) is 4.00. The lowest BCUT2D eigenvalue weighted by molar-refractivity contribution is -0.120. The molecule has 4 nitrogen and oxygen atoms in total. The molecule has 2 aromatic carbocycles. The Morgan fingerprint density at radius 1 is 1.00 bits per heavy atom. The average molecular weight is 395 g/mol. The summed E-state index contributed by atoms with van der Waals surface area (Å²) >= 11 is 1.64. The smallest absolute Gasteiger partial charge is 0.238 e. The number of thioether (sulfide) groups is 1. The van der Waals surface area contributed by atoms with E-state index in [1.54, 1.807) is 11.8 Å². The number of benzene rings is 2. The molecular weight excluding hydrogens is 368 g/mol. The van der Waals surface area contributed by atoms with Gasteiger partial charge in [0.2, 0.25) is 11.8 Å². The van der Waals surface area contributed by atoms with Crippen LogP contribution < -0.4 is 10.2 Å². The van der Waals surface area contributed by atoms with Gasteiger partial charge in [0.1, 0.15) is 5.37 Å². The maximum atomic E-state index is 12.5. The summed E-state index contributed by atoms with van der Waals surface area (Å²) in [5.74, 6) is 0.903. The molecule has 5 heteroatoms. The van der Waals surface area contributed by atoms with Gasteiger partial charge in [0.15, 0.2) is 0 Å². The number of nitrogens with one attached hydrogen (secondary N) is 1. The van der Waals surface area contributed by atoms with E-state index in [1.807, 2.05) is 60.4 Å². The van der Waals surface area contributed by atoms with Crippen molar-refractivity contribution in [3.8, 4) is 0 Å². The summed E-state index contributed by atoms with van der Waals surface area (Å²) < 4.78 is 0. The molecule has 2 amide bonds. The highest BCUT2D eigenvalue weighted by molar-refractivity contribution is 8.00. The Morgan fingerprint density at radius 3 is 2.36 bits per heavy atom. The van der Waals surface area contributed by atoms with E-state index in [0.29, 0.717) is 5.75 Å². The summed E-state index contributed by atoms with van der Waals surface area (Å²) in [5, 5.41) is 3.03. The zero-order valence-corrected chi connectivity index (χ0v) is 17.0. The number of hydrogen-bond donors (Lipinski definition) is 1. The molecule has 2 aromatic rings. The van der Waals surface area contributed by atoms with Crippen molar-refractivity contribution in [2.45, 2.75) is 44.4 Å². The number of anilines is 2. The number of carbonyl (C=O) groups excluding carboxylic acids is 2. The molecule has 1 N–H and O–H groups in total. The van der Waals surface area contributed by atoms with Crippen molar-refractivity contribution in [1.29, 1.82) is 0 Å². The Labute approximate surface area is 170 Å². The second-order valence-electron chi connectivity index (χ2n) is 7.71. The van der Waals surface area contributed by atoms with E-state index in [4.69, 9.17) is 0 Å². The first-order chi connectivity index (χ1) is 13.6. The number of aryl methyl sites for hydroxylation is 1. The summed E-state index contributed by atoms with van der Waals surface area (Å²) in [6, 6.07) is 16.0. The first-order valence-corrected chi connectivity index (χ1v) is 11.1. The molecule has 2 aliphatic rings. The summed E-state index contributed by atoms with van der Waals surface area (Å²) in [5.41, 5.74) is 4.01. The predicted molar refractivity (Wildman–Crippen MR) is 116 cm³/mol. The standard InChI is InChI=1S/C23H26N2O2S/c1-16-7-13-20(14-8-16)25-21(26)15-28-23(25)18-9-11-19(12-10-18)24-22(27)17-5-3-2-4-6-17/h7-14,17,23H,2-6,15H2,1H3,(H,24,27). The Bertz CT molecular complexity index is 842. The zero-order valence-electron chi connectivity index (χ0n) is 16.2. The van der Waals surface area contributed by atoms with E-state index in [0.717, 1.165) is 42.6 Å². The van der Waals surface area contributed by atoms with Crippen LogP contribution in [-0.4, -0.2) is 17.6 Å². The molecule has 4 rings (SSSR count). The van der Waals surface area contributed by atoms with Crippen molar-refractivity contribution in [1.82, 2.24) is 0 Å². The third kappa shape index (κ3) is 4.09. The molecule has 1 saturated heterocycles. The Morgan fingerprint density at radius 2 is 1.68 bits per heavy atom. The van der Waals surface area contributed by atoms with E-state index in [9.17, 15) is 9.59 Å². The van der Waals surface area contributed by atoms with Gasteiger partial charge in [0.05, 0.1) is 5.75 Å². The van der Waals surface area contributed by atoms with Crippen LogP contribution in [0.5, 0.6) is 0 Å². The topological polar surface area (TPSA) is 49.4 Å². The van der Waals surface area contributed by atoms with Crippen molar-refractivity contribution < 1.29 is 9.59 Å². The average Bonchev–Trinajstić information content (AvgIpc) is 3.11. The molecule has 1 aliphatic heterocycles. The Balaban J connectivity index is 1.47. The van der Waals surface area contributed by atoms with Gasteiger partial charge in [0.25, 0.3) is 0 Å². The minimum atomic E-state index is -0.0293. The lowest BCUT2D eigenvalue weighted by atomic mass is 9.88. The number of carbonyl (C=O) groups is 2. The van der Waals surface area contributed by atoms with Crippen LogP contribution in [-0.2, 0) is 9.59 Å². The summed E-state index contributed by atoms with van der Waals surface area (Å²) in [6.07, 6.45) is 5.54. The SMILES string of the molecule is Cc1ccc(N2C(=O)CSC2c2ccc(NC(=O)C3CCCCC3)cc2)cc1. The van der Waals surface area contributed by atoms with E-state index < -0.39 is 0 Å². The van der Waals surface area contributed by atoms with Crippen molar-refractivity contribution in [3.05, 3.63) is 59.7 Å². The summed E-state index contributed by atoms with van der Waals surface area (Å²) in [4.78, 5) is 26.8. The van der Waals surface area contributed by atoms with Crippen LogP contribution in [0.3, 0.4) is 0 Å². The highest BCUT2D eigenvalue weighted by atomic mass is 32.2. The molecule has 0 aromatic heterocycles. The molecule has 0 radical (unpaired) electrons. The first kappa shape index (κ1) is 19.1. The molecule has 28 heavy (non-hydrogen) atoms. The zero-order chi connectivity index (χ0) is 19.5. The summed E-state index contributed by atoms with van der Waals surface area (Å²) in [6.45, 7) is 2.04. The fourth-order valence-corrected chi connectivity index (χ4v) is 5.17. The quantitative estimate of drug-likeness (QED) is 0.766. The van der Waals surface area contributed by atoms with Crippen molar-refractivity contribution in [3.63, 3.8) is 0 Å². The number of rotatable bonds is 4. The van der Waals surface area contributed by atoms with Gasteiger partial charge in [-0.3, -0.25) is 14.5 Å². The highest BCUT2D eigenvalue weighted by Gasteiger charge is 2.34. The number of amides is 2. The molecule has 146 valence electrons. The van der Waals surface area contributed by atoms with E-state index >= 15 is 0 Å². The van der Waals surface area contributed by atoms with Gasteiger partial charge in [-0.15, -0.1) is 11.8 Å².